The minimum atomic E-state index is -0.170. The minimum absolute atomic E-state index is 0. The van der Waals surface area contributed by atoms with E-state index in [1.165, 1.54) is 12.1 Å². The molecule has 0 unspecified atom stereocenters. The Hall–Kier alpha value is -2.53. The van der Waals surface area contributed by atoms with E-state index in [9.17, 15) is 9.90 Å². The maximum Gasteiger partial charge on any atom is 0.251 e. The average Bonchev–Trinajstić information content (AvgIpc) is 2.82. The molecule has 3 N–H and O–H groups in total. The van der Waals surface area contributed by atoms with Gasteiger partial charge in [0.25, 0.3) is 5.91 Å². The number of guanidine groups is 1. The fourth-order valence-electron chi connectivity index (χ4n) is 3.46. The molecule has 3 rings (SSSR count). The molecule has 2 aromatic rings. The van der Waals surface area contributed by atoms with Crippen LogP contribution in [0.4, 0.5) is 0 Å². The first-order valence-corrected chi connectivity index (χ1v) is 11.2. The van der Waals surface area contributed by atoms with Crippen LogP contribution in [0.25, 0.3) is 0 Å². The molecule has 0 radical (unpaired) electrons. The summed E-state index contributed by atoms with van der Waals surface area (Å²) in [5.41, 5.74) is 0.519. The SMILES string of the molecule is CCNC(=NCCNC(=O)c1ccc(O)cc1)N1CCN(CCOc2ccccc2)CC1.I. The van der Waals surface area contributed by atoms with Gasteiger partial charge in [-0.15, -0.1) is 24.0 Å². The lowest BCUT2D eigenvalue weighted by atomic mass is 10.2. The van der Waals surface area contributed by atoms with Gasteiger partial charge in [0.1, 0.15) is 18.1 Å². The van der Waals surface area contributed by atoms with Crippen molar-refractivity contribution >= 4 is 35.8 Å². The number of nitrogens with zero attached hydrogens (tertiary/aromatic N) is 3. The van der Waals surface area contributed by atoms with Gasteiger partial charge < -0.3 is 25.4 Å². The number of amides is 1. The number of halogens is 1. The molecule has 1 saturated heterocycles. The van der Waals surface area contributed by atoms with E-state index in [2.05, 4.69) is 32.3 Å². The van der Waals surface area contributed by atoms with Crippen LogP contribution in [-0.4, -0.2) is 85.7 Å². The van der Waals surface area contributed by atoms with E-state index in [4.69, 9.17) is 4.74 Å². The van der Waals surface area contributed by atoms with Crippen LogP contribution in [0.1, 0.15) is 17.3 Å². The molecule has 180 valence electrons. The lowest BCUT2D eigenvalue weighted by molar-refractivity contribution is 0.0954. The van der Waals surface area contributed by atoms with E-state index >= 15 is 0 Å². The number of nitrogens with one attached hydrogen (secondary N) is 2. The number of piperazine rings is 1. The summed E-state index contributed by atoms with van der Waals surface area (Å²) in [6.45, 7) is 9.10. The molecule has 8 nitrogen and oxygen atoms in total. The highest BCUT2D eigenvalue weighted by molar-refractivity contribution is 14.0. The lowest BCUT2D eigenvalue weighted by Crippen LogP contribution is -2.53. The van der Waals surface area contributed by atoms with Crippen LogP contribution in [0.2, 0.25) is 0 Å². The third-order valence-electron chi connectivity index (χ3n) is 5.21. The zero-order valence-corrected chi connectivity index (χ0v) is 21.4. The monoisotopic (exact) mass is 567 g/mol. The molecule has 33 heavy (non-hydrogen) atoms. The highest BCUT2D eigenvalue weighted by Gasteiger charge is 2.19. The predicted molar refractivity (Wildman–Crippen MR) is 142 cm³/mol. The summed E-state index contributed by atoms with van der Waals surface area (Å²) < 4.78 is 5.81. The molecule has 1 fully saturated rings. The third kappa shape index (κ3) is 9.09. The van der Waals surface area contributed by atoms with Crippen LogP contribution < -0.4 is 15.4 Å². The summed E-state index contributed by atoms with van der Waals surface area (Å²) >= 11 is 0. The maximum atomic E-state index is 12.2. The number of phenols is 1. The second-order valence-corrected chi connectivity index (χ2v) is 7.53. The number of hydrogen-bond acceptors (Lipinski definition) is 5. The Morgan fingerprint density at radius 1 is 1.03 bits per heavy atom. The highest BCUT2D eigenvalue weighted by atomic mass is 127. The fourth-order valence-corrected chi connectivity index (χ4v) is 3.46. The van der Waals surface area contributed by atoms with Crippen molar-refractivity contribution in [2.45, 2.75) is 6.92 Å². The van der Waals surface area contributed by atoms with Crippen LogP contribution in [0.3, 0.4) is 0 Å². The standard InChI is InChI=1S/C24H33N5O3.HI/c1-2-25-24(27-13-12-26-23(31)20-8-10-21(30)11-9-20)29-16-14-28(15-17-29)18-19-32-22-6-4-3-5-7-22;/h3-11,30H,2,12-19H2,1H3,(H,25,27)(H,26,31);1H. The normalized spacial score (nSPS) is 14.3. The fraction of sp³-hybridized carbons (Fsp3) is 0.417. The highest BCUT2D eigenvalue weighted by Crippen LogP contribution is 2.10. The van der Waals surface area contributed by atoms with Gasteiger partial charge in [0.05, 0.1) is 6.54 Å². The number of aliphatic imine (C=N–C) groups is 1. The second kappa shape index (κ2) is 14.6. The molecular weight excluding hydrogens is 533 g/mol. The molecule has 2 aromatic carbocycles. The Bertz CT molecular complexity index is 856. The van der Waals surface area contributed by atoms with E-state index in [1.54, 1.807) is 12.1 Å². The van der Waals surface area contributed by atoms with Gasteiger partial charge in [0, 0.05) is 51.4 Å². The second-order valence-electron chi connectivity index (χ2n) is 7.53. The van der Waals surface area contributed by atoms with Gasteiger partial charge in [-0.3, -0.25) is 14.7 Å². The van der Waals surface area contributed by atoms with E-state index in [0.29, 0.717) is 25.3 Å². The Morgan fingerprint density at radius 3 is 2.39 bits per heavy atom. The number of carbonyl (C=O) groups is 1. The quantitative estimate of drug-likeness (QED) is 0.187. The van der Waals surface area contributed by atoms with Gasteiger partial charge in [0.15, 0.2) is 5.96 Å². The Kier molecular flexibility index (Phi) is 11.8. The number of rotatable bonds is 9. The molecule has 0 bridgehead atoms. The molecule has 1 amide bonds. The average molecular weight is 567 g/mol. The minimum Gasteiger partial charge on any atom is -0.508 e. The summed E-state index contributed by atoms with van der Waals surface area (Å²) in [4.78, 5) is 21.5. The van der Waals surface area contributed by atoms with Crippen molar-refractivity contribution < 1.29 is 14.6 Å². The maximum absolute atomic E-state index is 12.2. The predicted octanol–water partition coefficient (Wildman–Crippen LogP) is 2.40. The lowest BCUT2D eigenvalue weighted by Gasteiger charge is -2.36. The molecule has 9 heteroatoms. The zero-order chi connectivity index (χ0) is 22.6. The molecule has 0 aliphatic carbocycles. The van der Waals surface area contributed by atoms with Gasteiger partial charge in [0.2, 0.25) is 0 Å². The molecule has 0 aromatic heterocycles. The van der Waals surface area contributed by atoms with Gasteiger partial charge in [-0.1, -0.05) is 18.2 Å². The van der Waals surface area contributed by atoms with Gasteiger partial charge >= 0.3 is 0 Å². The van der Waals surface area contributed by atoms with Gasteiger partial charge in [-0.05, 0) is 43.3 Å². The molecule has 1 heterocycles. The summed E-state index contributed by atoms with van der Waals surface area (Å²) in [5, 5.41) is 15.5. The molecular formula is C24H34IN5O3. The summed E-state index contributed by atoms with van der Waals surface area (Å²) in [7, 11) is 0. The molecule has 0 spiro atoms. The van der Waals surface area contributed by atoms with Gasteiger partial charge in [-0.2, -0.15) is 0 Å². The Morgan fingerprint density at radius 2 is 1.73 bits per heavy atom. The van der Waals surface area contributed by atoms with Crippen LogP contribution in [0.15, 0.2) is 59.6 Å². The first-order chi connectivity index (χ1) is 15.7. The summed E-state index contributed by atoms with van der Waals surface area (Å²) in [5.74, 6) is 1.76. The summed E-state index contributed by atoms with van der Waals surface area (Å²) in [6.07, 6.45) is 0. The van der Waals surface area contributed by atoms with E-state index in [1.807, 2.05) is 30.3 Å². The number of ether oxygens (including phenoxy) is 1. The van der Waals surface area contributed by atoms with Gasteiger partial charge in [-0.25, -0.2) is 0 Å². The number of benzene rings is 2. The molecule has 1 aliphatic rings. The first-order valence-electron chi connectivity index (χ1n) is 11.2. The molecule has 0 saturated carbocycles. The molecule has 0 atom stereocenters. The van der Waals surface area contributed by atoms with Crippen LogP contribution in [-0.2, 0) is 0 Å². The number of hydrogen-bond donors (Lipinski definition) is 3. The number of para-hydroxylation sites is 1. The smallest absolute Gasteiger partial charge is 0.251 e. The van der Waals surface area contributed by atoms with E-state index < -0.39 is 0 Å². The van der Waals surface area contributed by atoms with Crippen molar-refractivity contribution in [1.82, 2.24) is 20.4 Å². The van der Waals surface area contributed by atoms with Crippen LogP contribution in [0, 0.1) is 0 Å². The number of aromatic hydroxyl groups is 1. The van der Waals surface area contributed by atoms with Crippen molar-refractivity contribution in [2.75, 3.05) is 59.0 Å². The van der Waals surface area contributed by atoms with E-state index in [0.717, 1.165) is 51.0 Å². The Labute approximate surface area is 213 Å². The molecule has 1 aliphatic heterocycles. The Balaban J connectivity index is 0.00000385. The topological polar surface area (TPSA) is 89.4 Å². The van der Waals surface area contributed by atoms with Crippen molar-refractivity contribution in [3.63, 3.8) is 0 Å². The van der Waals surface area contributed by atoms with Crippen molar-refractivity contribution in [1.29, 1.82) is 0 Å². The number of carbonyl (C=O) groups excluding carboxylic acids is 1. The number of phenolic OH excluding ortho intramolecular Hbond substituents is 1. The van der Waals surface area contributed by atoms with Crippen LogP contribution in [0.5, 0.6) is 11.5 Å². The van der Waals surface area contributed by atoms with Crippen molar-refractivity contribution in [3.05, 3.63) is 60.2 Å². The van der Waals surface area contributed by atoms with Crippen molar-refractivity contribution in [3.8, 4) is 11.5 Å². The largest absolute Gasteiger partial charge is 0.508 e. The van der Waals surface area contributed by atoms with Crippen molar-refractivity contribution in [2.24, 2.45) is 4.99 Å². The zero-order valence-electron chi connectivity index (χ0n) is 19.1. The summed E-state index contributed by atoms with van der Waals surface area (Å²) in [6, 6.07) is 16.1. The third-order valence-corrected chi connectivity index (χ3v) is 5.21. The first kappa shape index (κ1) is 26.7. The van der Waals surface area contributed by atoms with Crippen LogP contribution >= 0.6 is 24.0 Å². The van der Waals surface area contributed by atoms with E-state index in [-0.39, 0.29) is 35.6 Å².